The topological polar surface area (TPSA) is 54.9 Å². The molecule has 4 nitrogen and oxygen atoms in total. The summed E-state index contributed by atoms with van der Waals surface area (Å²) in [4.78, 5) is 12.1. The third kappa shape index (κ3) is 3.93. The molecule has 1 heterocycles. The first-order valence-corrected chi connectivity index (χ1v) is 7.81. The molecule has 1 N–H and O–H groups in total. The first kappa shape index (κ1) is 16.2. The Balaban J connectivity index is 2.06. The van der Waals surface area contributed by atoms with E-state index in [0.29, 0.717) is 12.8 Å². The molecule has 0 aromatic carbocycles. The third-order valence-corrected chi connectivity index (χ3v) is 4.83. The van der Waals surface area contributed by atoms with Crippen LogP contribution in [-0.2, 0) is 4.79 Å². The van der Waals surface area contributed by atoms with Crippen LogP contribution in [0.2, 0.25) is 0 Å². The second kappa shape index (κ2) is 6.29. The van der Waals surface area contributed by atoms with Crippen LogP contribution in [0, 0.1) is 11.8 Å². The maximum absolute atomic E-state index is 13.0. The van der Waals surface area contributed by atoms with E-state index in [4.69, 9.17) is 0 Å². The molecular weight excluding hydrogens is 303 g/mol. The highest BCUT2D eigenvalue weighted by Gasteiger charge is 2.48. The average Bonchev–Trinajstić information content (AvgIpc) is 2.86. The molecule has 0 spiro atoms. The number of hydrogen-bond acceptors (Lipinski definition) is 4. The van der Waals surface area contributed by atoms with Gasteiger partial charge in [0.25, 0.3) is 0 Å². The number of anilines is 1. The first-order chi connectivity index (χ1) is 9.79. The van der Waals surface area contributed by atoms with Crippen molar-refractivity contribution in [2.24, 2.45) is 11.8 Å². The highest BCUT2D eigenvalue weighted by atomic mass is 32.1. The number of alkyl halides is 3. The van der Waals surface area contributed by atoms with E-state index in [0.717, 1.165) is 5.01 Å². The summed E-state index contributed by atoms with van der Waals surface area (Å²) in [5.74, 6) is -3.00. The van der Waals surface area contributed by atoms with Crippen LogP contribution in [0.5, 0.6) is 0 Å². The molecule has 0 saturated heterocycles. The number of aromatic nitrogens is 2. The molecule has 2 rings (SSSR count). The molecule has 0 aliphatic heterocycles. The standard InChI is InChI=1S/C13H18F3N3OS/c1-7(2)11-18-19-12(21-11)17-10(20)8-5-3-4-6-9(8)13(14,15)16/h7-9H,3-6H2,1-2H3,(H,17,19,20)/t8-,9+/m0/s1. The van der Waals surface area contributed by atoms with Crippen molar-refractivity contribution in [3.8, 4) is 0 Å². The van der Waals surface area contributed by atoms with E-state index in [1.807, 2.05) is 13.8 Å². The molecule has 1 aliphatic carbocycles. The molecule has 0 radical (unpaired) electrons. The van der Waals surface area contributed by atoms with E-state index < -0.39 is 23.9 Å². The Labute approximate surface area is 125 Å². The Hall–Kier alpha value is -1.18. The molecule has 8 heteroatoms. The maximum atomic E-state index is 13.0. The molecular formula is C13H18F3N3OS. The summed E-state index contributed by atoms with van der Waals surface area (Å²) in [6, 6.07) is 0. The fourth-order valence-corrected chi connectivity index (χ4v) is 3.30. The van der Waals surface area contributed by atoms with Gasteiger partial charge in [-0.2, -0.15) is 13.2 Å². The van der Waals surface area contributed by atoms with Gasteiger partial charge in [0, 0.05) is 11.8 Å². The van der Waals surface area contributed by atoms with E-state index in [9.17, 15) is 18.0 Å². The first-order valence-electron chi connectivity index (χ1n) is 7.00. The van der Waals surface area contributed by atoms with Crippen molar-refractivity contribution in [1.29, 1.82) is 0 Å². The van der Waals surface area contributed by atoms with Crippen LogP contribution >= 0.6 is 11.3 Å². The molecule has 1 saturated carbocycles. The maximum Gasteiger partial charge on any atom is 0.392 e. The Bertz CT molecular complexity index is 501. The molecule has 0 unspecified atom stereocenters. The van der Waals surface area contributed by atoms with Gasteiger partial charge < -0.3 is 5.32 Å². The van der Waals surface area contributed by atoms with Crippen LogP contribution in [0.4, 0.5) is 18.3 Å². The van der Waals surface area contributed by atoms with Crippen molar-refractivity contribution in [3.63, 3.8) is 0 Å². The van der Waals surface area contributed by atoms with Gasteiger partial charge in [0.05, 0.1) is 5.92 Å². The summed E-state index contributed by atoms with van der Waals surface area (Å²) in [7, 11) is 0. The van der Waals surface area contributed by atoms with Crippen molar-refractivity contribution in [1.82, 2.24) is 10.2 Å². The Morgan fingerprint density at radius 3 is 2.52 bits per heavy atom. The van der Waals surface area contributed by atoms with Crippen LogP contribution in [0.25, 0.3) is 0 Å². The number of rotatable bonds is 3. The monoisotopic (exact) mass is 321 g/mol. The van der Waals surface area contributed by atoms with Gasteiger partial charge in [-0.05, 0) is 12.8 Å². The van der Waals surface area contributed by atoms with Gasteiger partial charge in [0.15, 0.2) is 0 Å². The predicted molar refractivity (Wildman–Crippen MR) is 74.1 cm³/mol. The predicted octanol–water partition coefficient (Wildman–Crippen LogP) is 3.97. The normalized spacial score (nSPS) is 23.3. The zero-order chi connectivity index (χ0) is 15.6. The van der Waals surface area contributed by atoms with Gasteiger partial charge in [-0.25, -0.2) is 0 Å². The lowest BCUT2D eigenvalue weighted by atomic mass is 9.78. The molecule has 1 fully saturated rings. The van der Waals surface area contributed by atoms with E-state index in [1.54, 1.807) is 0 Å². The number of carbonyl (C=O) groups is 1. The van der Waals surface area contributed by atoms with E-state index >= 15 is 0 Å². The summed E-state index contributed by atoms with van der Waals surface area (Å²) in [5.41, 5.74) is 0. The Morgan fingerprint density at radius 1 is 1.29 bits per heavy atom. The van der Waals surface area contributed by atoms with Gasteiger partial charge in [0.1, 0.15) is 5.01 Å². The van der Waals surface area contributed by atoms with Crippen LogP contribution in [0.1, 0.15) is 50.5 Å². The fourth-order valence-electron chi connectivity index (χ4n) is 2.55. The minimum absolute atomic E-state index is 0.0228. The van der Waals surface area contributed by atoms with Crippen LogP contribution in [0.3, 0.4) is 0 Å². The second-order valence-corrected chi connectivity index (χ2v) is 6.64. The van der Waals surface area contributed by atoms with E-state index in [2.05, 4.69) is 15.5 Å². The van der Waals surface area contributed by atoms with Crippen molar-refractivity contribution in [2.45, 2.75) is 51.6 Å². The summed E-state index contributed by atoms with van der Waals surface area (Å²) >= 11 is 1.21. The van der Waals surface area contributed by atoms with Gasteiger partial charge in [-0.1, -0.05) is 38.0 Å². The summed E-state index contributed by atoms with van der Waals surface area (Å²) in [6.45, 7) is 3.87. The van der Waals surface area contributed by atoms with Crippen LogP contribution in [-0.4, -0.2) is 22.3 Å². The number of nitrogens with zero attached hydrogens (tertiary/aromatic N) is 2. The van der Waals surface area contributed by atoms with Gasteiger partial charge in [-0.15, -0.1) is 10.2 Å². The summed E-state index contributed by atoms with van der Waals surface area (Å²) in [6.07, 6.45) is -2.87. The van der Waals surface area contributed by atoms with Gasteiger partial charge in [0.2, 0.25) is 11.0 Å². The number of amides is 1. The molecule has 21 heavy (non-hydrogen) atoms. The van der Waals surface area contributed by atoms with Crippen molar-refractivity contribution >= 4 is 22.4 Å². The molecule has 1 aromatic rings. The Morgan fingerprint density at radius 2 is 1.95 bits per heavy atom. The molecule has 118 valence electrons. The quantitative estimate of drug-likeness (QED) is 0.916. The lowest BCUT2D eigenvalue weighted by Gasteiger charge is -2.31. The highest BCUT2D eigenvalue weighted by molar-refractivity contribution is 7.15. The smallest absolute Gasteiger partial charge is 0.300 e. The minimum atomic E-state index is -4.33. The summed E-state index contributed by atoms with van der Waals surface area (Å²) < 4.78 is 39.0. The van der Waals surface area contributed by atoms with E-state index in [1.165, 1.54) is 11.3 Å². The number of carbonyl (C=O) groups excluding carboxylic acids is 1. The number of hydrogen-bond donors (Lipinski definition) is 1. The zero-order valence-corrected chi connectivity index (χ0v) is 12.7. The number of halogens is 3. The molecule has 1 aromatic heterocycles. The SMILES string of the molecule is CC(C)c1nnc(NC(=O)[C@H]2CCCC[C@H]2C(F)(F)F)s1. The second-order valence-electron chi connectivity index (χ2n) is 5.63. The van der Waals surface area contributed by atoms with Crippen molar-refractivity contribution in [2.75, 3.05) is 5.32 Å². The van der Waals surface area contributed by atoms with Gasteiger partial charge in [-0.3, -0.25) is 4.79 Å². The lowest BCUT2D eigenvalue weighted by Crippen LogP contribution is -2.39. The zero-order valence-electron chi connectivity index (χ0n) is 11.9. The largest absolute Gasteiger partial charge is 0.392 e. The average molecular weight is 321 g/mol. The fraction of sp³-hybridized carbons (Fsp3) is 0.769. The summed E-state index contributed by atoms with van der Waals surface area (Å²) in [5, 5.41) is 11.2. The number of nitrogens with one attached hydrogen (secondary N) is 1. The third-order valence-electron chi connectivity index (χ3n) is 3.69. The molecule has 1 aliphatic rings. The minimum Gasteiger partial charge on any atom is -0.300 e. The van der Waals surface area contributed by atoms with Gasteiger partial charge >= 0.3 is 6.18 Å². The highest BCUT2D eigenvalue weighted by Crippen LogP contribution is 2.42. The molecule has 0 bridgehead atoms. The van der Waals surface area contributed by atoms with Crippen LogP contribution < -0.4 is 5.32 Å². The van der Waals surface area contributed by atoms with Crippen LogP contribution in [0.15, 0.2) is 0 Å². The molecule has 2 atom stereocenters. The van der Waals surface area contributed by atoms with Crippen molar-refractivity contribution < 1.29 is 18.0 Å². The van der Waals surface area contributed by atoms with E-state index in [-0.39, 0.29) is 23.9 Å². The molecule has 1 amide bonds. The lowest BCUT2D eigenvalue weighted by molar-refractivity contribution is -0.197. The Kier molecular flexibility index (Phi) is 4.85. The van der Waals surface area contributed by atoms with Crippen molar-refractivity contribution in [3.05, 3.63) is 5.01 Å².